The first kappa shape index (κ1) is 16.0. The molecule has 0 unspecified atom stereocenters. The van der Waals surface area contributed by atoms with Gasteiger partial charge >= 0.3 is 0 Å². The molecule has 0 saturated carbocycles. The van der Waals surface area contributed by atoms with Gasteiger partial charge in [-0.15, -0.1) is 0 Å². The van der Waals surface area contributed by atoms with Crippen molar-refractivity contribution in [1.29, 1.82) is 0 Å². The van der Waals surface area contributed by atoms with E-state index in [2.05, 4.69) is 44.8 Å². The van der Waals surface area contributed by atoms with E-state index >= 15 is 0 Å². The first-order valence-electron chi connectivity index (χ1n) is 8.47. The molecule has 0 aliphatic rings. The van der Waals surface area contributed by atoms with Crippen molar-refractivity contribution >= 4 is 23.1 Å². The Morgan fingerprint density at radius 1 is 0.731 bits per heavy atom. The molecule has 0 aliphatic carbocycles. The van der Waals surface area contributed by atoms with Crippen LogP contribution in [0, 0.1) is 6.92 Å². The van der Waals surface area contributed by atoms with Crippen LogP contribution in [0.5, 0.6) is 0 Å². The van der Waals surface area contributed by atoms with E-state index in [1.54, 1.807) is 6.21 Å². The Hall–Kier alpha value is -3.53. The molecule has 0 fully saturated rings. The lowest BCUT2D eigenvalue weighted by Crippen LogP contribution is -1.99. The fourth-order valence-electron chi connectivity index (χ4n) is 2.75. The topological polar surface area (TPSA) is 50.2 Å². The summed E-state index contributed by atoms with van der Waals surface area (Å²) in [6.45, 7) is 1.92. The van der Waals surface area contributed by atoms with Crippen molar-refractivity contribution in [2.24, 2.45) is 5.10 Å². The third kappa shape index (κ3) is 3.44. The number of aryl methyl sites for hydroxylation is 1. The monoisotopic (exact) mass is 338 g/mol. The van der Waals surface area contributed by atoms with Gasteiger partial charge in [-0.2, -0.15) is 5.10 Å². The zero-order chi connectivity index (χ0) is 17.8. The molecule has 26 heavy (non-hydrogen) atoms. The van der Waals surface area contributed by atoms with Crippen molar-refractivity contribution in [2.75, 3.05) is 5.43 Å². The predicted molar refractivity (Wildman–Crippen MR) is 107 cm³/mol. The molecule has 0 amide bonds. The maximum atomic E-state index is 4.57. The number of nitrogens with one attached hydrogen (secondary N) is 1. The van der Waals surface area contributed by atoms with Gasteiger partial charge in [0, 0.05) is 0 Å². The van der Waals surface area contributed by atoms with Crippen LogP contribution in [0.15, 0.2) is 84.0 Å². The molecule has 1 N–H and O–H groups in total. The number of hydrogen-bond donors (Lipinski definition) is 1. The summed E-state index contributed by atoms with van der Waals surface area (Å²) in [4.78, 5) is 9.12. The number of para-hydroxylation sites is 2. The highest BCUT2D eigenvalue weighted by Crippen LogP contribution is 2.19. The van der Waals surface area contributed by atoms with Crippen LogP contribution in [0.25, 0.3) is 22.2 Å². The number of hydrogen-bond acceptors (Lipinski definition) is 4. The van der Waals surface area contributed by atoms with Crippen molar-refractivity contribution in [3.63, 3.8) is 0 Å². The second kappa shape index (κ2) is 7.15. The minimum atomic E-state index is 0.667. The van der Waals surface area contributed by atoms with Gasteiger partial charge < -0.3 is 0 Å². The summed E-state index contributed by atoms with van der Waals surface area (Å²) < 4.78 is 0. The molecule has 0 atom stereocenters. The number of anilines is 1. The van der Waals surface area contributed by atoms with Crippen LogP contribution in [0.2, 0.25) is 0 Å². The van der Waals surface area contributed by atoms with Gasteiger partial charge in [-0.05, 0) is 35.7 Å². The Morgan fingerprint density at radius 2 is 1.35 bits per heavy atom. The number of nitrogens with zero attached hydrogens (tertiary/aromatic N) is 3. The first-order valence-corrected chi connectivity index (χ1v) is 8.47. The Bertz CT molecular complexity index is 1050. The maximum absolute atomic E-state index is 4.57. The number of rotatable bonds is 4. The number of fused-ring (bicyclic) bond motifs is 1. The molecule has 1 heterocycles. The number of aromatic nitrogens is 2. The lowest BCUT2D eigenvalue weighted by atomic mass is 10.0. The molecule has 4 rings (SSSR count). The van der Waals surface area contributed by atoms with E-state index in [-0.39, 0.29) is 0 Å². The Balaban J connectivity index is 1.49. The predicted octanol–water partition coefficient (Wildman–Crippen LogP) is 5.05. The SMILES string of the molecule is Cc1nc2ccccc2nc1N/N=C\c1ccc(-c2ccccc2)cc1. The highest BCUT2D eigenvalue weighted by molar-refractivity contribution is 5.82. The quantitative estimate of drug-likeness (QED) is 0.418. The molecule has 126 valence electrons. The van der Waals surface area contributed by atoms with Crippen molar-refractivity contribution in [1.82, 2.24) is 9.97 Å². The highest BCUT2D eigenvalue weighted by atomic mass is 15.3. The molecule has 3 aromatic carbocycles. The molecule has 4 aromatic rings. The fourth-order valence-corrected chi connectivity index (χ4v) is 2.75. The van der Waals surface area contributed by atoms with E-state index < -0.39 is 0 Å². The Labute approximate surface area is 152 Å². The average molecular weight is 338 g/mol. The first-order chi connectivity index (χ1) is 12.8. The van der Waals surface area contributed by atoms with Crippen molar-refractivity contribution in [3.8, 4) is 11.1 Å². The third-order valence-electron chi connectivity index (χ3n) is 4.15. The second-order valence-corrected chi connectivity index (χ2v) is 6.00. The summed E-state index contributed by atoms with van der Waals surface area (Å²) in [7, 11) is 0. The molecule has 0 spiro atoms. The van der Waals surface area contributed by atoms with Crippen LogP contribution in [0.1, 0.15) is 11.3 Å². The fraction of sp³-hybridized carbons (Fsp3) is 0.0455. The molecule has 0 saturated heterocycles. The molecule has 4 nitrogen and oxygen atoms in total. The van der Waals surface area contributed by atoms with Crippen LogP contribution in [0.3, 0.4) is 0 Å². The molecular weight excluding hydrogens is 320 g/mol. The van der Waals surface area contributed by atoms with Gasteiger partial charge in [0.15, 0.2) is 5.82 Å². The van der Waals surface area contributed by atoms with Gasteiger partial charge in [0.05, 0.1) is 22.9 Å². The lowest BCUT2D eigenvalue weighted by molar-refractivity contribution is 1.15. The van der Waals surface area contributed by atoms with Crippen molar-refractivity contribution in [3.05, 3.63) is 90.1 Å². The van der Waals surface area contributed by atoms with E-state index in [1.165, 1.54) is 11.1 Å². The number of benzene rings is 3. The summed E-state index contributed by atoms with van der Waals surface area (Å²) in [5.41, 5.74) is 8.96. The van der Waals surface area contributed by atoms with Gasteiger partial charge in [-0.25, -0.2) is 9.97 Å². The van der Waals surface area contributed by atoms with E-state index in [9.17, 15) is 0 Å². The van der Waals surface area contributed by atoms with Crippen LogP contribution in [0.4, 0.5) is 5.82 Å². The molecule has 0 bridgehead atoms. The number of hydrazone groups is 1. The lowest BCUT2D eigenvalue weighted by Gasteiger charge is -2.05. The van der Waals surface area contributed by atoms with E-state index in [0.717, 1.165) is 22.3 Å². The van der Waals surface area contributed by atoms with Gasteiger partial charge in [0.25, 0.3) is 0 Å². The second-order valence-electron chi connectivity index (χ2n) is 6.00. The molecular formula is C22H18N4. The highest BCUT2D eigenvalue weighted by Gasteiger charge is 2.03. The average Bonchev–Trinajstić information content (AvgIpc) is 2.69. The zero-order valence-electron chi connectivity index (χ0n) is 14.4. The molecule has 0 aliphatic heterocycles. The van der Waals surface area contributed by atoms with E-state index in [1.807, 2.05) is 61.5 Å². The molecule has 1 aromatic heterocycles. The standard InChI is InChI=1S/C22H18N4/c1-16-22(25-21-10-6-5-9-20(21)24-16)26-23-15-17-11-13-19(14-12-17)18-7-3-2-4-8-18/h2-15H,1H3,(H,25,26)/b23-15-. The van der Waals surface area contributed by atoms with Gasteiger partial charge in [0.2, 0.25) is 0 Å². The van der Waals surface area contributed by atoms with Crippen molar-refractivity contribution in [2.45, 2.75) is 6.92 Å². The Kier molecular flexibility index (Phi) is 4.39. The minimum absolute atomic E-state index is 0.667. The minimum Gasteiger partial charge on any atom is -0.260 e. The van der Waals surface area contributed by atoms with E-state index in [0.29, 0.717) is 5.82 Å². The van der Waals surface area contributed by atoms with Crippen LogP contribution in [-0.4, -0.2) is 16.2 Å². The van der Waals surface area contributed by atoms with Crippen LogP contribution in [-0.2, 0) is 0 Å². The summed E-state index contributed by atoms with van der Waals surface area (Å²) in [6.07, 6.45) is 1.78. The van der Waals surface area contributed by atoms with Crippen LogP contribution < -0.4 is 5.43 Å². The Morgan fingerprint density at radius 3 is 2.08 bits per heavy atom. The summed E-state index contributed by atoms with van der Waals surface area (Å²) in [5.74, 6) is 0.667. The molecule has 4 heteroatoms. The van der Waals surface area contributed by atoms with Gasteiger partial charge in [-0.3, -0.25) is 5.43 Å². The van der Waals surface area contributed by atoms with Gasteiger partial charge in [-0.1, -0.05) is 66.7 Å². The third-order valence-corrected chi connectivity index (χ3v) is 4.15. The van der Waals surface area contributed by atoms with Crippen LogP contribution >= 0.6 is 0 Å². The summed E-state index contributed by atoms with van der Waals surface area (Å²) in [6, 6.07) is 26.4. The van der Waals surface area contributed by atoms with Crippen molar-refractivity contribution < 1.29 is 0 Å². The van der Waals surface area contributed by atoms with Gasteiger partial charge in [0.1, 0.15) is 0 Å². The maximum Gasteiger partial charge on any atom is 0.168 e. The largest absolute Gasteiger partial charge is 0.260 e. The molecule has 0 radical (unpaired) electrons. The summed E-state index contributed by atoms with van der Waals surface area (Å²) >= 11 is 0. The van der Waals surface area contributed by atoms with E-state index in [4.69, 9.17) is 0 Å². The zero-order valence-corrected chi connectivity index (χ0v) is 14.4. The summed E-state index contributed by atoms with van der Waals surface area (Å²) in [5, 5.41) is 4.30. The smallest absolute Gasteiger partial charge is 0.168 e. The normalized spacial score (nSPS) is 11.1.